The summed E-state index contributed by atoms with van der Waals surface area (Å²) in [5, 5.41) is 0. The normalized spacial score (nSPS) is 16.4. The molecule has 1 saturated heterocycles. The van der Waals surface area contributed by atoms with Gasteiger partial charge in [-0.1, -0.05) is 0 Å². The van der Waals surface area contributed by atoms with Gasteiger partial charge in [0.05, 0.1) is 5.69 Å². The molecule has 0 bridgehead atoms. The van der Waals surface area contributed by atoms with Gasteiger partial charge < -0.3 is 9.80 Å². The van der Waals surface area contributed by atoms with Crippen molar-refractivity contribution in [3.8, 4) is 11.3 Å². The van der Waals surface area contributed by atoms with E-state index in [1.54, 1.807) is 12.5 Å². The van der Waals surface area contributed by atoms with Gasteiger partial charge in [-0.25, -0.2) is 19.9 Å². The minimum absolute atomic E-state index is 0.781. The van der Waals surface area contributed by atoms with Gasteiger partial charge in [0.25, 0.3) is 0 Å². The quantitative estimate of drug-likeness (QED) is 0.709. The molecule has 7 nitrogen and oxygen atoms in total. The molecule has 3 aromatic heterocycles. The van der Waals surface area contributed by atoms with E-state index in [-0.39, 0.29) is 0 Å². The second-order valence-corrected chi connectivity index (χ2v) is 6.93. The third kappa shape index (κ3) is 3.09. The van der Waals surface area contributed by atoms with Crippen LogP contribution in [-0.2, 0) is 12.8 Å². The fourth-order valence-electron chi connectivity index (χ4n) is 3.91. The number of piperazine rings is 1. The smallest absolute Gasteiger partial charge is 0.225 e. The van der Waals surface area contributed by atoms with Crippen molar-refractivity contribution in [2.75, 3.05) is 36.0 Å². The van der Waals surface area contributed by atoms with Crippen LogP contribution >= 0.6 is 0 Å². The highest BCUT2D eigenvalue weighted by molar-refractivity contribution is 5.59. The van der Waals surface area contributed by atoms with Gasteiger partial charge in [0.1, 0.15) is 12.1 Å². The van der Waals surface area contributed by atoms with Crippen molar-refractivity contribution < 1.29 is 0 Å². The first-order valence-electron chi connectivity index (χ1n) is 9.44. The van der Waals surface area contributed by atoms with Gasteiger partial charge >= 0.3 is 0 Å². The Balaban J connectivity index is 1.32. The molecule has 1 aliphatic heterocycles. The van der Waals surface area contributed by atoms with Crippen LogP contribution in [0, 0.1) is 0 Å². The molecule has 3 aromatic rings. The van der Waals surface area contributed by atoms with Crippen molar-refractivity contribution in [1.29, 1.82) is 0 Å². The first kappa shape index (κ1) is 16.1. The van der Waals surface area contributed by atoms with E-state index >= 15 is 0 Å². The summed E-state index contributed by atoms with van der Waals surface area (Å²) in [7, 11) is 0. The molecule has 0 saturated carbocycles. The Bertz CT molecular complexity index is 936. The minimum Gasteiger partial charge on any atom is -0.353 e. The van der Waals surface area contributed by atoms with Crippen LogP contribution in [0.15, 0.2) is 43.1 Å². The largest absolute Gasteiger partial charge is 0.353 e. The Hall–Kier alpha value is -3.09. The summed E-state index contributed by atoms with van der Waals surface area (Å²) < 4.78 is 0. The zero-order valence-corrected chi connectivity index (χ0v) is 15.1. The van der Waals surface area contributed by atoms with Crippen molar-refractivity contribution in [3.63, 3.8) is 0 Å². The fraction of sp³-hybridized carbons (Fsp3) is 0.350. The lowest BCUT2D eigenvalue weighted by molar-refractivity contribution is 0.632. The van der Waals surface area contributed by atoms with Crippen LogP contribution in [0.3, 0.4) is 0 Å². The highest BCUT2D eigenvalue weighted by Gasteiger charge is 2.25. The summed E-state index contributed by atoms with van der Waals surface area (Å²) in [6.07, 6.45) is 10.5. The molecule has 1 fully saturated rings. The number of hydrogen-bond acceptors (Lipinski definition) is 7. The molecule has 27 heavy (non-hydrogen) atoms. The molecular formula is C20H21N7. The van der Waals surface area contributed by atoms with E-state index in [1.807, 2.05) is 30.6 Å². The van der Waals surface area contributed by atoms with Crippen LogP contribution in [0.5, 0.6) is 0 Å². The van der Waals surface area contributed by atoms with Crippen LogP contribution in [0.4, 0.5) is 11.8 Å². The number of aryl methyl sites for hydroxylation is 1. The standard InChI is InChI=1S/C20H21N7/c1-4-16-18(5-1)23-14-24-19(16)26-9-11-27(12-10-26)20-22-8-6-17(25-20)15-3-2-7-21-13-15/h2-3,6-8,13-14H,1,4-5,9-12H2. The lowest BCUT2D eigenvalue weighted by Gasteiger charge is -2.36. The van der Waals surface area contributed by atoms with E-state index in [2.05, 4.69) is 29.7 Å². The summed E-state index contributed by atoms with van der Waals surface area (Å²) >= 11 is 0. The molecule has 2 aliphatic rings. The lowest BCUT2D eigenvalue weighted by Crippen LogP contribution is -2.47. The Kier molecular flexibility index (Phi) is 4.12. The predicted octanol–water partition coefficient (Wildman–Crippen LogP) is 2.14. The molecule has 0 unspecified atom stereocenters. The SMILES string of the molecule is c1cncc(-c2ccnc(N3CCN(c4ncnc5c4CCC5)CC3)n2)c1. The maximum absolute atomic E-state index is 4.75. The predicted molar refractivity (Wildman–Crippen MR) is 104 cm³/mol. The molecule has 5 rings (SSSR count). The average Bonchev–Trinajstić information content (AvgIpc) is 3.24. The number of aromatic nitrogens is 5. The lowest BCUT2D eigenvalue weighted by atomic mass is 10.2. The van der Waals surface area contributed by atoms with Crippen LogP contribution in [0.2, 0.25) is 0 Å². The van der Waals surface area contributed by atoms with E-state index in [0.29, 0.717) is 0 Å². The van der Waals surface area contributed by atoms with Gasteiger partial charge in [-0.05, 0) is 37.5 Å². The first-order chi connectivity index (χ1) is 13.4. The molecule has 4 heterocycles. The molecule has 0 amide bonds. The highest BCUT2D eigenvalue weighted by atomic mass is 15.3. The monoisotopic (exact) mass is 359 g/mol. The van der Waals surface area contributed by atoms with E-state index in [4.69, 9.17) is 4.98 Å². The Morgan fingerprint density at radius 1 is 0.852 bits per heavy atom. The molecule has 136 valence electrons. The molecule has 0 N–H and O–H groups in total. The van der Waals surface area contributed by atoms with E-state index < -0.39 is 0 Å². The van der Waals surface area contributed by atoms with Crippen molar-refractivity contribution in [2.45, 2.75) is 19.3 Å². The van der Waals surface area contributed by atoms with Crippen molar-refractivity contribution >= 4 is 11.8 Å². The van der Waals surface area contributed by atoms with Gasteiger partial charge in [0, 0.05) is 61.6 Å². The van der Waals surface area contributed by atoms with Crippen LogP contribution in [0.25, 0.3) is 11.3 Å². The number of nitrogens with zero attached hydrogens (tertiary/aromatic N) is 7. The number of hydrogen-bond donors (Lipinski definition) is 0. The molecule has 0 spiro atoms. The number of fused-ring (bicyclic) bond motifs is 1. The third-order valence-corrected chi connectivity index (χ3v) is 5.31. The van der Waals surface area contributed by atoms with Crippen LogP contribution < -0.4 is 9.80 Å². The summed E-state index contributed by atoms with van der Waals surface area (Å²) in [5.41, 5.74) is 4.50. The highest BCUT2D eigenvalue weighted by Crippen LogP contribution is 2.29. The Labute approximate surface area is 158 Å². The Morgan fingerprint density at radius 3 is 2.59 bits per heavy atom. The number of anilines is 2. The third-order valence-electron chi connectivity index (χ3n) is 5.31. The average molecular weight is 359 g/mol. The number of pyridine rings is 1. The van der Waals surface area contributed by atoms with Gasteiger partial charge in [-0.3, -0.25) is 4.98 Å². The topological polar surface area (TPSA) is 70.9 Å². The second kappa shape index (κ2) is 6.90. The van der Waals surface area contributed by atoms with E-state index in [0.717, 1.165) is 62.0 Å². The number of rotatable bonds is 3. The van der Waals surface area contributed by atoms with E-state index in [1.165, 1.54) is 17.7 Å². The van der Waals surface area contributed by atoms with Crippen molar-refractivity contribution in [2.24, 2.45) is 0 Å². The summed E-state index contributed by atoms with van der Waals surface area (Å²) in [6, 6.07) is 5.88. The molecule has 0 aromatic carbocycles. The fourth-order valence-corrected chi connectivity index (χ4v) is 3.91. The molecule has 7 heteroatoms. The zero-order valence-electron chi connectivity index (χ0n) is 15.1. The molecular weight excluding hydrogens is 338 g/mol. The van der Waals surface area contributed by atoms with Gasteiger partial charge in [0.15, 0.2) is 0 Å². The second-order valence-electron chi connectivity index (χ2n) is 6.93. The van der Waals surface area contributed by atoms with Gasteiger partial charge in [-0.15, -0.1) is 0 Å². The summed E-state index contributed by atoms with van der Waals surface area (Å²) in [6.45, 7) is 3.61. The van der Waals surface area contributed by atoms with Gasteiger partial charge in [-0.2, -0.15) is 0 Å². The zero-order chi connectivity index (χ0) is 18.1. The maximum atomic E-state index is 4.75. The summed E-state index contributed by atoms with van der Waals surface area (Å²) in [4.78, 5) is 27.1. The molecule has 0 radical (unpaired) electrons. The molecule has 0 atom stereocenters. The Morgan fingerprint density at radius 2 is 1.74 bits per heavy atom. The summed E-state index contributed by atoms with van der Waals surface area (Å²) in [5.74, 6) is 1.91. The van der Waals surface area contributed by atoms with Crippen LogP contribution in [-0.4, -0.2) is 51.1 Å². The molecule has 1 aliphatic carbocycles. The maximum Gasteiger partial charge on any atom is 0.225 e. The van der Waals surface area contributed by atoms with E-state index in [9.17, 15) is 0 Å². The van der Waals surface area contributed by atoms with Crippen molar-refractivity contribution in [1.82, 2.24) is 24.9 Å². The minimum atomic E-state index is 0.781. The first-order valence-corrected chi connectivity index (χ1v) is 9.44. The van der Waals surface area contributed by atoms with Gasteiger partial charge in [0.2, 0.25) is 5.95 Å². The van der Waals surface area contributed by atoms with Crippen molar-refractivity contribution in [3.05, 3.63) is 54.4 Å². The van der Waals surface area contributed by atoms with Crippen LogP contribution in [0.1, 0.15) is 17.7 Å².